The number of hydrogen-bond donors (Lipinski definition) is 2. The first-order valence-electron chi connectivity index (χ1n) is 7.84. The highest BCUT2D eigenvalue weighted by Gasteiger charge is 2.13. The molecule has 2 aromatic carbocycles. The molecule has 0 unspecified atom stereocenters. The number of hydrogen-bond acceptors (Lipinski definition) is 4. The minimum absolute atomic E-state index is 0.0978. The lowest BCUT2D eigenvalue weighted by molar-refractivity contribution is -0.114. The second kappa shape index (κ2) is 5.66. The summed E-state index contributed by atoms with van der Waals surface area (Å²) in [5.41, 5.74) is 3.48. The van der Waals surface area contributed by atoms with Gasteiger partial charge in [0.25, 0.3) is 0 Å². The van der Waals surface area contributed by atoms with Crippen LogP contribution in [-0.2, 0) is 4.79 Å². The average molecular weight is 335 g/mol. The van der Waals surface area contributed by atoms with Gasteiger partial charge in [0.1, 0.15) is 0 Å². The minimum Gasteiger partial charge on any atom is -0.493 e. The van der Waals surface area contributed by atoms with Crippen molar-refractivity contribution in [2.45, 2.75) is 6.92 Å². The molecule has 6 heteroatoms. The van der Waals surface area contributed by atoms with E-state index in [1.807, 2.05) is 36.5 Å². The molecule has 4 aromatic rings. The molecule has 0 aliphatic heterocycles. The van der Waals surface area contributed by atoms with Gasteiger partial charge in [-0.25, -0.2) is 0 Å². The molecule has 0 atom stereocenters. The zero-order valence-corrected chi connectivity index (χ0v) is 14.1. The van der Waals surface area contributed by atoms with E-state index in [4.69, 9.17) is 9.47 Å². The van der Waals surface area contributed by atoms with Gasteiger partial charge in [0.05, 0.1) is 25.3 Å². The number of amides is 1. The van der Waals surface area contributed by atoms with Crippen LogP contribution in [0, 0.1) is 0 Å². The molecular formula is C19H17N3O3. The van der Waals surface area contributed by atoms with Gasteiger partial charge >= 0.3 is 0 Å². The van der Waals surface area contributed by atoms with Crippen molar-refractivity contribution in [3.05, 3.63) is 36.5 Å². The Morgan fingerprint density at radius 2 is 1.80 bits per heavy atom. The minimum atomic E-state index is -0.0978. The van der Waals surface area contributed by atoms with Gasteiger partial charge in [0.2, 0.25) is 5.91 Å². The number of H-pyrrole nitrogens is 1. The van der Waals surface area contributed by atoms with Gasteiger partial charge in [0.15, 0.2) is 11.5 Å². The third-order valence-electron chi connectivity index (χ3n) is 4.26. The molecule has 2 N–H and O–H groups in total. The third-order valence-corrected chi connectivity index (χ3v) is 4.26. The van der Waals surface area contributed by atoms with E-state index in [0.29, 0.717) is 11.5 Å². The van der Waals surface area contributed by atoms with Crippen LogP contribution < -0.4 is 14.8 Å². The number of methoxy groups -OCH3 is 2. The van der Waals surface area contributed by atoms with Crippen molar-refractivity contribution in [2.75, 3.05) is 19.5 Å². The van der Waals surface area contributed by atoms with E-state index < -0.39 is 0 Å². The summed E-state index contributed by atoms with van der Waals surface area (Å²) >= 11 is 0. The van der Waals surface area contributed by atoms with E-state index in [-0.39, 0.29) is 5.91 Å². The molecule has 4 rings (SSSR count). The highest BCUT2D eigenvalue weighted by molar-refractivity contribution is 6.16. The molecule has 0 aliphatic carbocycles. The van der Waals surface area contributed by atoms with Crippen molar-refractivity contribution in [1.29, 1.82) is 0 Å². The number of benzene rings is 2. The molecule has 0 aliphatic rings. The maximum Gasteiger partial charge on any atom is 0.221 e. The molecular weight excluding hydrogens is 318 g/mol. The van der Waals surface area contributed by atoms with Gasteiger partial charge in [0, 0.05) is 46.5 Å². The Kier molecular flexibility index (Phi) is 3.46. The number of ether oxygens (including phenoxy) is 2. The Hall–Kier alpha value is -3.28. The van der Waals surface area contributed by atoms with Crippen LogP contribution in [0.15, 0.2) is 36.5 Å². The van der Waals surface area contributed by atoms with Crippen LogP contribution in [-0.4, -0.2) is 30.1 Å². The summed E-state index contributed by atoms with van der Waals surface area (Å²) in [6.07, 6.45) is 1.85. The SMILES string of the molecule is COc1cc2ncc3c4ccc(NC(C)=O)cc4[nH]c3c2cc1OC. The molecule has 6 nitrogen and oxygen atoms in total. The Morgan fingerprint density at radius 1 is 1.04 bits per heavy atom. The zero-order valence-electron chi connectivity index (χ0n) is 14.1. The first-order valence-corrected chi connectivity index (χ1v) is 7.84. The number of fused-ring (bicyclic) bond motifs is 5. The summed E-state index contributed by atoms with van der Waals surface area (Å²) in [5.74, 6) is 1.20. The Balaban J connectivity index is 2.01. The van der Waals surface area contributed by atoms with Crippen molar-refractivity contribution in [3.8, 4) is 11.5 Å². The first-order chi connectivity index (χ1) is 12.1. The van der Waals surface area contributed by atoms with Crippen molar-refractivity contribution in [3.63, 3.8) is 0 Å². The maximum absolute atomic E-state index is 11.3. The van der Waals surface area contributed by atoms with Crippen molar-refractivity contribution in [2.24, 2.45) is 0 Å². The fourth-order valence-corrected chi connectivity index (χ4v) is 3.16. The lowest BCUT2D eigenvalue weighted by Crippen LogP contribution is -2.05. The first kappa shape index (κ1) is 15.3. The standard InChI is InChI=1S/C19H17N3O3/c1-10(23)21-11-4-5-12-14-9-20-15-8-18(25-3)17(24-2)7-13(15)19(14)22-16(12)6-11/h4-9,22H,1-3H3,(H,21,23). The van der Waals surface area contributed by atoms with Crippen LogP contribution in [0.5, 0.6) is 11.5 Å². The van der Waals surface area contributed by atoms with Crippen molar-refractivity contribution < 1.29 is 14.3 Å². The number of anilines is 1. The monoisotopic (exact) mass is 335 g/mol. The van der Waals surface area contributed by atoms with E-state index in [9.17, 15) is 4.79 Å². The summed E-state index contributed by atoms with van der Waals surface area (Å²) in [4.78, 5) is 19.3. The fourth-order valence-electron chi connectivity index (χ4n) is 3.16. The molecule has 0 saturated heterocycles. The quantitative estimate of drug-likeness (QED) is 0.596. The van der Waals surface area contributed by atoms with Gasteiger partial charge in [-0.3, -0.25) is 9.78 Å². The number of rotatable bonds is 3. The molecule has 2 heterocycles. The molecule has 0 saturated carbocycles. The van der Waals surface area contributed by atoms with E-state index in [2.05, 4.69) is 15.3 Å². The van der Waals surface area contributed by atoms with Crippen LogP contribution in [0.2, 0.25) is 0 Å². The van der Waals surface area contributed by atoms with Gasteiger partial charge < -0.3 is 19.8 Å². The molecule has 0 bridgehead atoms. The number of nitrogens with one attached hydrogen (secondary N) is 2. The number of carbonyl (C=O) groups is 1. The smallest absolute Gasteiger partial charge is 0.221 e. The number of aromatic nitrogens is 2. The molecule has 25 heavy (non-hydrogen) atoms. The van der Waals surface area contributed by atoms with Crippen molar-refractivity contribution in [1.82, 2.24) is 9.97 Å². The van der Waals surface area contributed by atoms with Crippen LogP contribution in [0.1, 0.15) is 6.92 Å². The normalized spacial score (nSPS) is 11.2. The highest BCUT2D eigenvalue weighted by atomic mass is 16.5. The van der Waals surface area contributed by atoms with E-state index >= 15 is 0 Å². The van der Waals surface area contributed by atoms with Crippen LogP contribution >= 0.6 is 0 Å². The zero-order chi connectivity index (χ0) is 17.6. The van der Waals surface area contributed by atoms with E-state index in [1.54, 1.807) is 14.2 Å². The predicted octanol–water partition coefficient (Wildman–Crippen LogP) is 3.84. The van der Waals surface area contributed by atoms with Gasteiger partial charge in [-0.2, -0.15) is 0 Å². The highest BCUT2D eigenvalue weighted by Crippen LogP contribution is 2.36. The van der Waals surface area contributed by atoms with Crippen LogP contribution in [0.3, 0.4) is 0 Å². The number of aromatic amines is 1. The summed E-state index contributed by atoms with van der Waals surface area (Å²) in [6, 6.07) is 9.57. The molecule has 0 fully saturated rings. The molecule has 126 valence electrons. The third kappa shape index (κ3) is 2.42. The summed E-state index contributed by atoms with van der Waals surface area (Å²) in [5, 5.41) is 5.82. The van der Waals surface area contributed by atoms with Gasteiger partial charge in [-0.1, -0.05) is 6.07 Å². The number of carbonyl (C=O) groups excluding carboxylic acids is 1. The Labute approximate surface area is 143 Å². The summed E-state index contributed by atoms with van der Waals surface area (Å²) in [7, 11) is 3.22. The molecule has 0 radical (unpaired) electrons. The Morgan fingerprint density at radius 3 is 2.52 bits per heavy atom. The van der Waals surface area contributed by atoms with Crippen LogP contribution in [0.4, 0.5) is 5.69 Å². The molecule has 1 amide bonds. The summed E-state index contributed by atoms with van der Waals surface area (Å²) in [6.45, 7) is 1.49. The lowest BCUT2D eigenvalue weighted by atomic mass is 10.1. The summed E-state index contributed by atoms with van der Waals surface area (Å²) < 4.78 is 10.8. The largest absolute Gasteiger partial charge is 0.493 e. The topological polar surface area (TPSA) is 76.2 Å². The number of pyridine rings is 1. The maximum atomic E-state index is 11.3. The van der Waals surface area contributed by atoms with Gasteiger partial charge in [-0.05, 0) is 18.2 Å². The predicted molar refractivity (Wildman–Crippen MR) is 98.5 cm³/mol. The molecule has 0 spiro atoms. The average Bonchev–Trinajstić information content (AvgIpc) is 2.97. The second-order valence-electron chi connectivity index (χ2n) is 5.84. The van der Waals surface area contributed by atoms with E-state index in [1.165, 1.54) is 6.92 Å². The Bertz CT molecular complexity index is 1130. The number of nitrogens with zero attached hydrogens (tertiary/aromatic N) is 1. The lowest BCUT2D eigenvalue weighted by Gasteiger charge is -2.09. The van der Waals surface area contributed by atoms with Crippen molar-refractivity contribution >= 4 is 44.3 Å². The molecule has 2 aromatic heterocycles. The van der Waals surface area contributed by atoms with E-state index in [0.717, 1.165) is 38.4 Å². The van der Waals surface area contributed by atoms with Crippen LogP contribution in [0.25, 0.3) is 32.7 Å². The van der Waals surface area contributed by atoms with Gasteiger partial charge in [-0.15, -0.1) is 0 Å². The second-order valence-corrected chi connectivity index (χ2v) is 5.84. The fraction of sp³-hybridized carbons (Fsp3) is 0.158.